The molecule has 0 bridgehead atoms. The molecule has 1 aromatic rings. The topological polar surface area (TPSA) is 54.2 Å². The van der Waals surface area contributed by atoms with Crippen molar-refractivity contribution in [3.63, 3.8) is 0 Å². The molecule has 0 aromatic carbocycles. The zero-order chi connectivity index (χ0) is 9.26. The van der Waals surface area contributed by atoms with Crippen LogP contribution in [0.4, 0.5) is 0 Å². The van der Waals surface area contributed by atoms with E-state index in [0.717, 1.165) is 12.0 Å². The highest BCUT2D eigenvalue weighted by atomic mass is 14.9. The highest BCUT2D eigenvalue weighted by Crippen LogP contribution is 2.23. The van der Waals surface area contributed by atoms with Crippen LogP contribution in [-0.4, -0.2) is 10.8 Å². The first-order valence-electron chi connectivity index (χ1n) is 4.45. The molecule has 3 heteroatoms. The molecule has 3 nitrogen and oxygen atoms in total. The SMILES string of the molecule is CC1C/C=C/N=C(N)c2cc[nH]c21. The number of aromatic nitrogens is 1. The molecule has 1 aliphatic rings. The lowest BCUT2D eigenvalue weighted by Crippen LogP contribution is -2.15. The number of aromatic amines is 1. The van der Waals surface area contributed by atoms with Gasteiger partial charge in [-0.15, -0.1) is 0 Å². The normalized spacial score (nSPS) is 24.1. The summed E-state index contributed by atoms with van der Waals surface area (Å²) >= 11 is 0. The molecule has 1 aromatic heterocycles. The average molecular weight is 175 g/mol. The minimum atomic E-state index is 0.482. The van der Waals surface area contributed by atoms with E-state index >= 15 is 0 Å². The minimum Gasteiger partial charge on any atom is -0.383 e. The molecule has 2 rings (SSSR count). The molecule has 13 heavy (non-hydrogen) atoms. The summed E-state index contributed by atoms with van der Waals surface area (Å²) in [5.41, 5.74) is 8.03. The van der Waals surface area contributed by atoms with E-state index in [1.807, 2.05) is 18.3 Å². The van der Waals surface area contributed by atoms with E-state index < -0.39 is 0 Å². The lowest BCUT2D eigenvalue weighted by molar-refractivity contribution is 0.751. The van der Waals surface area contributed by atoms with Gasteiger partial charge in [-0.2, -0.15) is 0 Å². The molecule has 0 spiro atoms. The Hall–Kier alpha value is -1.51. The maximum atomic E-state index is 5.80. The second-order valence-electron chi connectivity index (χ2n) is 3.34. The maximum Gasteiger partial charge on any atom is 0.132 e. The summed E-state index contributed by atoms with van der Waals surface area (Å²) in [7, 11) is 0. The summed E-state index contributed by atoms with van der Waals surface area (Å²) in [6.07, 6.45) is 6.74. The first-order valence-corrected chi connectivity index (χ1v) is 4.45. The molecule has 1 unspecified atom stereocenters. The van der Waals surface area contributed by atoms with Gasteiger partial charge in [0, 0.05) is 29.6 Å². The van der Waals surface area contributed by atoms with Gasteiger partial charge in [-0.05, 0) is 12.5 Å². The van der Waals surface area contributed by atoms with Gasteiger partial charge < -0.3 is 10.7 Å². The van der Waals surface area contributed by atoms with Gasteiger partial charge in [0.25, 0.3) is 0 Å². The summed E-state index contributed by atoms with van der Waals surface area (Å²) < 4.78 is 0. The van der Waals surface area contributed by atoms with Crippen molar-refractivity contribution in [3.8, 4) is 0 Å². The van der Waals surface area contributed by atoms with Crippen molar-refractivity contribution in [2.45, 2.75) is 19.3 Å². The summed E-state index contributed by atoms with van der Waals surface area (Å²) in [4.78, 5) is 7.34. The Kier molecular flexibility index (Phi) is 1.93. The van der Waals surface area contributed by atoms with Crippen LogP contribution in [0.1, 0.15) is 30.5 Å². The third kappa shape index (κ3) is 1.37. The summed E-state index contributed by atoms with van der Waals surface area (Å²) in [5, 5.41) is 0. The van der Waals surface area contributed by atoms with E-state index in [-0.39, 0.29) is 0 Å². The van der Waals surface area contributed by atoms with Gasteiger partial charge in [-0.3, -0.25) is 0 Å². The number of hydrogen-bond acceptors (Lipinski definition) is 2. The smallest absolute Gasteiger partial charge is 0.132 e. The number of nitrogens with one attached hydrogen (secondary N) is 1. The predicted octanol–water partition coefficient (Wildman–Crippen LogP) is 1.74. The quantitative estimate of drug-likeness (QED) is 0.620. The molecular weight excluding hydrogens is 162 g/mol. The highest BCUT2D eigenvalue weighted by molar-refractivity contribution is 5.99. The standard InChI is InChI=1S/C10H13N3/c1-7-3-2-5-13-10(11)8-4-6-12-9(7)8/h2,4-7,12H,3H2,1H3,(H2,11,13)/b5-2+. The molecular formula is C10H13N3. The third-order valence-electron chi connectivity index (χ3n) is 2.36. The number of allylic oxidation sites excluding steroid dienone is 1. The van der Waals surface area contributed by atoms with Crippen molar-refractivity contribution >= 4 is 5.84 Å². The number of aliphatic imine (C=N–C) groups is 1. The van der Waals surface area contributed by atoms with Crippen LogP contribution in [0.15, 0.2) is 29.5 Å². The Morgan fingerprint density at radius 3 is 3.31 bits per heavy atom. The first-order chi connectivity index (χ1) is 6.29. The largest absolute Gasteiger partial charge is 0.383 e. The number of nitrogens with two attached hydrogens (primary N) is 1. The van der Waals surface area contributed by atoms with Gasteiger partial charge in [0.15, 0.2) is 0 Å². The fourth-order valence-corrected chi connectivity index (χ4v) is 1.60. The van der Waals surface area contributed by atoms with Gasteiger partial charge in [-0.25, -0.2) is 4.99 Å². The second-order valence-corrected chi connectivity index (χ2v) is 3.34. The fourth-order valence-electron chi connectivity index (χ4n) is 1.60. The van der Waals surface area contributed by atoms with Gasteiger partial charge in [0.05, 0.1) is 0 Å². The van der Waals surface area contributed by atoms with Crippen molar-refractivity contribution in [2.75, 3.05) is 0 Å². The van der Waals surface area contributed by atoms with Crippen LogP contribution in [0, 0.1) is 0 Å². The van der Waals surface area contributed by atoms with Crippen LogP contribution in [0.3, 0.4) is 0 Å². The van der Waals surface area contributed by atoms with Crippen LogP contribution in [-0.2, 0) is 0 Å². The van der Waals surface area contributed by atoms with Gasteiger partial charge in [0.2, 0.25) is 0 Å². The van der Waals surface area contributed by atoms with E-state index in [2.05, 4.69) is 16.9 Å². The van der Waals surface area contributed by atoms with Crippen molar-refractivity contribution in [1.82, 2.24) is 4.98 Å². The van der Waals surface area contributed by atoms with Crippen LogP contribution >= 0.6 is 0 Å². The first kappa shape index (κ1) is 8.10. The van der Waals surface area contributed by atoms with Gasteiger partial charge >= 0.3 is 0 Å². The average Bonchev–Trinajstić information content (AvgIpc) is 2.57. The van der Waals surface area contributed by atoms with Crippen LogP contribution in [0.5, 0.6) is 0 Å². The number of hydrogen-bond donors (Lipinski definition) is 2. The number of rotatable bonds is 0. The Labute approximate surface area is 77.4 Å². The Morgan fingerprint density at radius 2 is 2.46 bits per heavy atom. The van der Waals surface area contributed by atoms with E-state index in [0.29, 0.717) is 11.8 Å². The predicted molar refractivity (Wildman–Crippen MR) is 53.7 cm³/mol. The molecule has 1 atom stereocenters. The van der Waals surface area contributed by atoms with Crippen molar-refractivity contribution in [2.24, 2.45) is 10.7 Å². The van der Waals surface area contributed by atoms with E-state index in [1.165, 1.54) is 5.69 Å². The zero-order valence-electron chi connectivity index (χ0n) is 7.62. The molecule has 2 heterocycles. The number of H-pyrrole nitrogens is 1. The molecule has 0 amide bonds. The lowest BCUT2D eigenvalue weighted by Gasteiger charge is -2.11. The molecule has 0 aliphatic carbocycles. The lowest BCUT2D eigenvalue weighted by atomic mass is 9.99. The number of fused-ring (bicyclic) bond motifs is 1. The van der Waals surface area contributed by atoms with Crippen LogP contribution in [0.2, 0.25) is 0 Å². The molecule has 0 saturated carbocycles. The maximum absolute atomic E-state index is 5.80. The monoisotopic (exact) mass is 175 g/mol. The molecule has 68 valence electrons. The van der Waals surface area contributed by atoms with Crippen molar-refractivity contribution < 1.29 is 0 Å². The van der Waals surface area contributed by atoms with E-state index in [1.54, 1.807) is 6.20 Å². The molecule has 1 aliphatic heterocycles. The van der Waals surface area contributed by atoms with Crippen molar-refractivity contribution in [1.29, 1.82) is 0 Å². The molecule has 0 saturated heterocycles. The molecule has 3 N–H and O–H groups in total. The summed E-state index contributed by atoms with van der Waals surface area (Å²) in [6, 6.07) is 1.98. The number of amidine groups is 1. The van der Waals surface area contributed by atoms with Gasteiger partial charge in [-0.1, -0.05) is 13.0 Å². The third-order valence-corrected chi connectivity index (χ3v) is 2.36. The molecule has 0 fully saturated rings. The van der Waals surface area contributed by atoms with Crippen LogP contribution < -0.4 is 5.73 Å². The van der Waals surface area contributed by atoms with Crippen LogP contribution in [0.25, 0.3) is 0 Å². The highest BCUT2D eigenvalue weighted by Gasteiger charge is 2.14. The number of nitrogens with zero attached hydrogens (tertiary/aromatic N) is 1. The summed E-state index contributed by atoms with van der Waals surface area (Å²) in [6.45, 7) is 2.18. The zero-order valence-corrected chi connectivity index (χ0v) is 7.62. The summed E-state index contributed by atoms with van der Waals surface area (Å²) in [5.74, 6) is 1.08. The molecule has 0 radical (unpaired) electrons. The van der Waals surface area contributed by atoms with E-state index in [9.17, 15) is 0 Å². The second kappa shape index (κ2) is 3.09. The van der Waals surface area contributed by atoms with Crippen molar-refractivity contribution in [3.05, 3.63) is 35.8 Å². The Bertz CT molecular complexity index is 360. The van der Waals surface area contributed by atoms with Gasteiger partial charge in [0.1, 0.15) is 5.84 Å². The fraction of sp³-hybridized carbons (Fsp3) is 0.300. The minimum absolute atomic E-state index is 0.482. The Balaban J connectivity index is 2.52. The Morgan fingerprint density at radius 1 is 1.62 bits per heavy atom. The van der Waals surface area contributed by atoms with E-state index in [4.69, 9.17) is 5.73 Å².